The van der Waals surface area contributed by atoms with Crippen molar-refractivity contribution < 1.29 is 24.2 Å². The molecule has 9 heteroatoms. The number of carbonyl (C=O) groups excluding carboxylic acids is 2. The second-order valence-electron chi connectivity index (χ2n) is 7.11. The Hall–Kier alpha value is -4.11. The molecule has 0 aliphatic carbocycles. The number of phenols is 1. The van der Waals surface area contributed by atoms with Crippen molar-refractivity contribution in [2.75, 3.05) is 4.90 Å². The lowest BCUT2D eigenvalue weighted by Crippen LogP contribution is -2.29. The number of hydrogen-bond acceptors (Lipinski definition) is 7. The molecule has 1 unspecified atom stereocenters. The highest BCUT2D eigenvalue weighted by Crippen LogP contribution is 2.44. The summed E-state index contributed by atoms with van der Waals surface area (Å²) in [4.78, 5) is 35.7. The molecule has 1 aliphatic rings. The van der Waals surface area contributed by atoms with Crippen LogP contribution in [0.2, 0.25) is 0 Å². The van der Waals surface area contributed by atoms with Crippen LogP contribution in [-0.4, -0.2) is 31.9 Å². The molecule has 158 valence electrons. The normalized spacial score (nSPS) is 17.9. The summed E-state index contributed by atoms with van der Waals surface area (Å²) in [5.74, 6) is -2.55. The molecule has 32 heavy (non-hydrogen) atoms. The predicted octanol–water partition coefficient (Wildman–Crippen LogP) is 4.16. The molecule has 0 saturated carbocycles. The van der Waals surface area contributed by atoms with Gasteiger partial charge < -0.3 is 10.2 Å². The van der Waals surface area contributed by atoms with Crippen LogP contribution in [-0.2, 0) is 9.59 Å². The molecule has 7 nitrogen and oxygen atoms in total. The maximum atomic E-state index is 13.7. The summed E-state index contributed by atoms with van der Waals surface area (Å²) in [6.07, 6.45) is 2.91. The van der Waals surface area contributed by atoms with E-state index in [1.54, 1.807) is 24.3 Å². The lowest BCUT2D eigenvalue weighted by atomic mass is 9.96. The fraction of sp³-hybridized carbons (Fsp3) is 0.0435. The van der Waals surface area contributed by atoms with Crippen LogP contribution >= 0.6 is 11.3 Å². The topological polar surface area (TPSA) is 104 Å². The van der Waals surface area contributed by atoms with Crippen LogP contribution in [0.4, 0.5) is 9.52 Å². The van der Waals surface area contributed by atoms with Gasteiger partial charge in [0, 0.05) is 18.0 Å². The van der Waals surface area contributed by atoms with Crippen molar-refractivity contribution in [1.29, 1.82) is 0 Å². The second kappa shape index (κ2) is 7.54. The number of carbonyl (C=O) groups is 2. The molecule has 1 saturated heterocycles. The van der Waals surface area contributed by atoms with Gasteiger partial charge in [-0.3, -0.25) is 19.5 Å². The maximum Gasteiger partial charge on any atom is 0.301 e. The van der Waals surface area contributed by atoms with E-state index in [1.165, 1.54) is 47.6 Å². The first-order valence-corrected chi connectivity index (χ1v) is 10.3. The van der Waals surface area contributed by atoms with Gasteiger partial charge in [-0.25, -0.2) is 9.37 Å². The fourth-order valence-corrected chi connectivity index (χ4v) is 4.67. The van der Waals surface area contributed by atoms with E-state index in [1.807, 2.05) is 0 Å². The highest BCUT2D eigenvalue weighted by Gasteiger charge is 2.48. The summed E-state index contributed by atoms with van der Waals surface area (Å²) in [5.41, 5.74) is 1.11. The zero-order valence-electron chi connectivity index (χ0n) is 16.3. The van der Waals surface area contributed by atoms with E-state index in [-0.39, 0.29) is 27.8 Å². The molecule has 2 aromatic carbocycles. The molecule has 2 aromatic heterocycles. The van der Waals surface area contributed by atoms with Crippen molar-refractivity contribution in [2.45, 2.75) is 6.04 Å². The fourth-order valence-electron chi connectivity index (χ4n) is 3.65. The number of amides is 1. The third-order valence-corrected chi connectivity index (χ3v) is 6.15. The van der Waals surface area contributed by atoms with Crippen LogP contribution in [0.25, 0.3) is 16.0 Å². The number of pyridine rings is 1. The lowest BCUT2D eigenvalue weighted by molar-refractivity contribution is -0.132. The van der Waals surface area contributed by atoms with Gasteiger partial charge in [0.2, 0.25) is 0 Å². The van der Waals surface area contributed by atoms with Crippen LogP contribution in [0.1, 0.15) is 17.2 Å². The molecule has 1 fully saturated rings. The van der Waals surface area contributed by atoms with Crippen molar-refractivity contribution in [3.63, 3.8) is 0 Å². The molecule has 1 amide bonds. The number of nitrogens with zero attached hydrogens (tertiary/aromatic N) is 3. The number of phenolic OH excluding ortho intramolecular Hbond substituents is 1. The number of rotatable bonds is 3. The smallest absolute Gasteiger partial charge is 0.301 e. The SMILES string of the molecule is O=C1C(=O)N(c2nc3ccc(F)cc3s2)C(c2ccc(O)cc2)C1=C(O)c1cccnc1. The summed E-state index contributed by atoms with van der Waals surface area (Å²) in [6, 6.07) is 12.2. The molecule has 0 spiro atoms. The number of anilines is 1. The largest absolute Gasteiger partial charge is 0.508 e. The van der Waals surface area contributed by atoms with Crippen molar-refractivity contribution in [3.05, 3.63) is 89.5 Å². The van der Waals surface area contributed by atoms with Gasteiger partial charge in [0.05, 0.1) is 21.8 Å². The number of fused-ring (bicyclic) bond motifs is 1. The van der Waals surface area contributed by atoms with Crippen molar-refractivity contribution >= 4 is 44.1 Å². The summed E-state index contributed by atoms with van der Waals surface area (Å²) in [5, 5.41) is 20.8. The van der Waals surface area contributed by atoms with Crippen LogP contribution in [0.15, 0.2) is 72.6 Å². The highest BCUT2D eigenvalue weighted by atomic mass is 32.1. The number of thiazole rings is 1. The van der Waals surface area contributed by atoms with Gasteiger partial charge in [0.1, 0.15) is 17.3 Å². The van der Waals surface area contributed by atoms with E-state index in [0.717, 1.165) is 11.3 Å². The lowest BCUT2D eigenvalue weighted by Gasteiger charge is -2.22. The van der Waals surface area contributed by atoms with Gasteiger partial charge in [-0.15, -0.1) is 0 Å². The Bertz CT molecular complexity index is 1400. The van der Waals surface area contributed by atoms with E-state index < -0.39 is 23.5 Å². The van der Waals surface area contributed by atoms with Crippen LogP contribution in [0.3, 0.4) is 0 Å². The van der Waals surface area contributed by atoms with Gasteiger partial charge in [-0.1, -0.05) is 23.5 Å². The molecule has 3 heterocycles. The van der Waals surface area contributed by atoms with Crippen LogP contribution < -0.4 is 4.90 Å². The summed E-state index contributed by atoms with van der Waals surface area (Å²) in [7, 11) is 0. The summed E-state index contributed by atoms with van der Waals surface area (Å²) in [6.45, 7) is 0. The molecule has 0 radical (unpaired) electrons. The average molecular weight is 447 g/mol. The van der Waals surface area contributed by atoms with Gasteiger partial charge >= 0.3 is 5.91 Å². The number of aromatic hydroxyl groups is 1. The molecule has 4 aromatic rings. The summed E-state index contributed by atoms with van der Waals surface area (Å²) < 4.78 is 14.2. The quantitative estimate of drug-likeness (QED) is 0.278. The number of aromatic nitrogens is 2. The maximum absolute atomic E-state index is 13.7. The van der Waals surface area contributed by atoms with Gasteiger partial charge in [0.15, 0.2) is 5.13 Å². The highest BCUT2D eigenvalue weighted by molar-refractivity contribution is 7.22. The Balaban J connectivity index is 1.73. The zero-order valence-corrected chi connectivity index (χ0v) is 17.1. The van der Waals surface area contributed by atoms with Crippen LogP contribution in [0.5, 0.6) is 5.75 Å². The van der Waals surface area contributed by atoms with Gasteiger partial charge in [0.25, 0.3) is 5.78 Å². The molecule has 0 bridgehead atoms. The van der Waals surface area contributed by atoms with E-state index >= 15 is 0 Å². The van der Waals surface area contributed by atoms with Crippen molar-refractivity contribution in [1.82, 2.24) is 9.97 Å². The Labute approximate surface area is 184 Å². The number of aliphatic hydroxyl groups is 1. The Kier molecular flexibility index (Phi) is 4.67. The van der Waals surface area contributed by atoms with Crippen molar-refractivity contribution in [2.24, 2.45) is 0 Å². The first kappa shape index (κ1) is 19.8. The third kappa shape index (κ3) is 3.19. The van der Waals surface area contributed by atoms with E-state index in [2.05, 4.69) is 9.97 Å². The Morgan fingerprint density at radius 1 is 1.09 bits per heavy atom. The third-order valence-electron chi connectivity index (χ3n) is 5.13. The average Bonchev–Trinajstić information content (AvgIpc) is 3.32. The minimum atomic E-state index is -0.999. The first-order chi connectivity index (χ1) is 15.4. The number of benzene rings is 2. The van der Waals surface area contributed by atoms with E-state index in [4.69, 9.17) is 0 Å². The Morgan fingerprint density at radius 3 is 2.59 bits per heavy atom. The minimum Gasteiger partial charge on any atom is -0.508 e. The number of halogens is 1. The molecular weight excluding hydrogens is 433 g/mol. The second-order valence-corrected chi connectivity index (χ2v) is 8.12. The minimum absolute atomic E-state index is 0.00780. The van der Waals surface area contributed by atoms with Crippen LogP contribution in [0, 0.1) is 5.82 Å². The molecule has 1 atom stereocenters. The Morgan fingerprint density at radius 2 is 1.88 bits per heavy atom. The molecule has 2 N–H and O–H groups in total. The standard InChI is InChI=1S/C23H14FN3O4S/c24-14-5-8-16-17(10-14)32-23(26-16)27-19(12-3-6-15(28)7-4-12)18(21(30)22(27)31)20(29)13-2-1-9-25-11-13/h1-11,19,28-29H. The van der Waals surface area contributed by atoms with Gasteiger partial charge in [-0.05, 0) is 48.0 Å². The molecular formula is C23H14FN3O4S. The predicted molar refractivity (Wildman–Crippen MR) is 117 cm³/mol. The number of ketones is 1. The first-order valence-electron chi connectivity index (χ1n) is 9.50. The number of Topliss-reactive ketones (excluding diaryl/α,β-unsaturated/α-hetero) is 1. The van der Waals surface area contributed by atoms with E-state index in [0.29, 0.717) is 15.8 Å². The van der Waals surface area contributed by atoms with Crippen molar-refractivity contribution in [3.8, 4) is 5.75 Å². The number of hydrogen-bond donors (Lipinski definition) is 2. The summed E-state index contributed by atoms with van der Waals surface area (Å²) >= 11 is 1.06. The number of aliphatic hydroxyl groups excluding tert-OH is 1. The molecule has 1 aliphatic heterocycles. The monoisotopic (exact) mass is 447 g/mol. The molecule has 5 rings (SSSR count). The van der Waals surface area contributed by atoms with Gasteiger partial charge in [-0.2, -0.15) is 0 Å². The zero-order chi connectivity index (χ0) is 22.4. The van der Waals surface area contributed by atoms with E-state index in [9.17, 15) is 24.2 Å².